The minimum atomic E-state index is -1.05. The van der Waals surface area contributed by atoms with E-state index in [2.05, 4.69) is 4.72 Å². The second-order valence-corrected chi connectivity index (χ2v) is 5.21. The van der Waals surface area contributed by atoms with E-state index in [1.807, 2.05) is 0 Å². The van der Waals surface area contributed by atoms with E-state index in [1.165, 1.54) is 18.2 Å². The molecule has 0 aliphatic carbocycles. The summed E-state index contributed by atoms with van der Waals surface area (Å²) < 4.78 is 2.87. The molecule has 0 radical (unpaired) electrons. The van der Waals surface area contributed by atoms with Crippen molar-refractivity contribution >= 4 is 40.9 Å². The van der Waals surface area contributed by atoms with Gasteiger partial charge in [0.2, 0.25) is 0 Å². The van der Waals surface area contributed by atoms with Gasteiger partial charge in [-0.05, 0) is 36.2 Å². The lowest BCUT2D eigenvalue weighted by atomic mass is 10.2. The molecule has 108 valence electrons. The summed E-state index contributed by atoms with van der Waals surface area (Å²) in [6, 6.07) is 10.7. The lowest BCUT2D eigenvalue weighted by Crippen LogP contribution is -2.01. The minimum Gasteiger partial charge on any atom is -0.478 e. The molecule has 0 fully saturated rings. The number of rotatable bonds is 5. The Bertz CT molecular complexity index is 708. The molecular weight excluding hydrogens is 316 g/mol. The number of para-hydroxylation sites is 1. The quantitative estimate of drug-likeness (QED) is 0.489. The van der Waals surface area contributed by atoms with Gasteiger partial charge in [-0.1, -0.05) is 23.7 Å². The minimum absolute atomic E-state index is 0.0512. The van der Waals surface area contributed by atoms with Crippen molar-refractivity contribution in [1.29, 1.82) is 0 Å². The van der Waals surface area contributed by atoms with Gasteiger partial charge in [-0.25, -0.2) is 4.79 Å². The monoisotopic (exact) mass is 324 g/mol. The van der Waals surface area contributed by atoms with Crippen molar-refractivity contribution in [2.75, 3.05) is 4.72 Å². The van der Waals surface area contributed by atoms with Gasteiger partial charge in [-0.15, -0.1) is 0 Å². The average molecular weight is 325 g/mol. The Balaban J connectivity index is 2.19. The third kappa shape index (κ3) is 3.65. The van der Waals surface area contributed by atoms with Crippen LogP contribution in [0.2, 0.25) is 5.02 Å². The molecule has 0 spiro atoms. The van der Waals surface area contributed by atoms with E-state index in [-0.39, 0.29) is 16.3 Å². The van der Waals surface area contributed by atoms with Crippen molar-refractivity contribution in [3.8, 4) is 0 Å². The number of benzene rings is 2. The van der Waals surface area contributed by atoms with E-state index in [0.29, 0.717) is 10.6 Å². The first kappa shape index (κ1) is 15.1. The molecule has 0 aliphatic heterocycles. The molecule has 0 saturated heterocycles. The fourth-order valence-corrected chi connectivity index (χ4v) is 2.47. The van der Waals surface area contributed by atoms with Crippen molar-refractivity contribution in [2.24, 2.45) is 0 Å². The molecule has 0 heterocycles. The van der Waals surface area contributed by atoms with E-state index in [0.717, 1.165) is 11.9 Å². The summed E-state index contributed by atoms with van der Waals surface area (Å²) >= 11 is 6.80. The number of hydrogen-bond acceptors (Lipinski definition) is 5. The summed E-state index contributed by atoms with van der Waals surface area (Å²) in [5, 5.41) is 19.9. The predicted octanol–water partition coefficient (Wildman–Crippen LogP) is 4.07. The molecule has 0 amide bonds. The number of nitrogens with zero attached hydrogens (tertiary/aromatic N) is 1. The van der Waals surface area contributed by atoms with Crippen LogP contribution in [0.25, 0.3) is 0 Å². The molecular formula is C13H9ClN2O4S. The molecule has 0 saturated carbocycles. The highest BCUT2D eigenvalue weighted by Gasteiger charge is 2.14. The Morgan fingerprint density at radius 2 is 2.00 bits per heavy atom. The first-order valence-electron chi connectivity index (χ1n) is 5.68. The summed E-state index contributed by atoms with van der Waals surface area (Å²) in [7, 11) is 0. The zero-order valence-corrected chi connectivity index (χ0v) is 12.0. The number of nitrogens with one attached hydrogen (secondary N) is 1. The van der Waals surface area contributed by atoms with Crippen LogP contribution < -0.4 is 4.72 Å². The maximum absolute atomic E-state index is 11.1. The topological polar surface area (TPSA) is 92.5 Å². The summed E-state index contributed by atoms with van der Waals surface area (Å²) in [5.74, 6) is -1.05. The number of carboxylic acid groups (broad SMARTS) is 1. The van der Waals surface area contributed by atoms with Gasteiger partial charge in [-0.2, -0.15) is 0 Å². The van der Waals surface area contributed by atoms with E-state index >= 15 is 0 Å². The first-order chi connectivity index (χ1) is 9.99. The van der Waals surface area contributed by atoms with Crippen LogP contribution >= 0.6 is 23.5 Å². The van der Waals surface area contributed by atoms with Gasteiger partial charge in [-0.3, -0.25) is 10.1 Å². The van der Waals surface area contributed by atoms with E-state index in [9.17, 15) is 14.9 Å². The number of hydrogen-bond donors (Lipinski definition) is 2. The van der Waals surface area contributed by atoms with Crippen molar-refractivity contribution < 1.29 is 14.8 Å². The van der Waals surface area contributed by atoms with Crippen LogP contribution in [0.1, 0.15) is 10.4 Å². The van der Waals surface area contributed by atoms with Crippen molar-refractivity contribution in [3.63, 3.8) is 0 Å². The van der Waals surface area contributed by atoms with Crippen molar-refractivity contribution in [2.45, 2.75) is 4.90 Å². The number of carboxylic acids is 1. The number of aromatic carboxylic acids is 1. The molecule has 8 heteroatoms. The van der Waals surface area contributed by atoms with Crippen molar-refractivity contribution in [3.05, 3.63) is 63.2 Å². The van der Waals surface area contributed by atoms with Crippen LogP contribution in [-0.2, 0) is 0 Å². The molecule has 0 atom stereocenters. The molecule has 21 heavy (non-hydrogen) atoms. The molecule has 0 unspecified atom stereocenters. The fraction of sp³-hybridized carbons (Fsp3) is 0. The normalized spacial score (nSPS) is 10.1. The van der Waals surface area contributed by atoms with Crippen LogP contribution in [-0.4, -0.2) is 16.0 Å². The molecule has 2 rings (SSSR count). The Labute approximate surface area is 129 Å². The highest BCUT2D eigenvalue weighted by molar-refractivity contribution is 8.00. The van der Waals surface area contributed by atoms with Gasteiger partial charge in [0.1, 0.15) is 5.02 Å². The van der Waals surface area contributed by atoms with E-state index in [1.54, 1.807) is 24.3 Å². The van der Waals surface area contributed by atoms with Crippen LogP contribution in [0.3, 0.4) is 0 Å². The van der Waals surface area contributed by atoms with E-state index in [4.69, 9.17) is 16.7 Å². The average Bonchev–Trinajstić information content (AvgIpc) is 2.46. The Kier molecular flexibility index (Phi) is 4.66. The Hall–Kier alpha value is -2.25. The largest absolute Gasteiger partial charge is 0.478 e. The summed E-state index contributed by atoms with van der Waals surface area (Å²) in [6.45, 7) is 0. The lowest BCUT2D eigenvalue weighted by Gasteiger charge is -2.08. The maximum atomic E-state index is 11.1. The summed E-state index contributed by atoms with van der Waals surface area (Å²) in [5.41, 5.74) is 0.330. The fourth-order valence-electron chi connectivity index (χ4n) is 1.57. The lowest BCUT2D eigenvalue weighted by molar-refractivity contribution is -0.384. The molecule has 2 aromatic rings. The maximum Gasteiger partial charge on any atom is 0.337 e. The van der Waals surface area contributed by atoms with Gasteiger partial charge in [0, 0.05) is 11.0 Å². The van der Waals surface area contributed by atoms with Crippen LogP contribution in [0.5, 0.6) is 0 Å². The number of halogens is 1. The Morgan fingerprint density at radius 3 is 2.67 bits per heavy atom. The van der Waals surface area contributed by atoms with Crippen LogP contribution in [0.15, 0.2) is 47.4 Å². The molecule has 0 bridgehead atoms. The molecule has 6 nitrogen and oxygen atoms in total. The predicted molar refractivity (Wildman–Crippen MR) is 81.0 cm³/mol. The number of nitro groups is 1. The zero-order valence-electron chi connectivity index (χ0n) is 10.4. The number of nitro benzene ring substituents is 1. The first-order valence-corrected chi connectivity index (χ1v) is 6.87. The van der Waals surface area contributed by atoms with Gasteiger partial charge in [0.05, 0.1) is 16.2 Å². The highest BCUT2D eigenvalue weighted by atomic mass is 35.5. The smallest absolute Gasteiger partial charge is 0.337 e. The SMILES string of the molecule is O=C(O)c1ccccc1NSc1ccc(Cl)c([N+](=O)[O-])c1. The van der Waals surface area contributed by atoms with Gasteiger partial charge < -0.3 is 9.83 Å². The third-order valence-corrected chi connectivity index (χ3v) is 3.68. The number of anilines is 1. The van der Waals surface area contributed by atoms with Crippen molar-refractivity contribution in [1.82, 2.24) is 0 Å². The van der Waals surface area contributed by atoms with Gasteiger partial charge >= 0.3 is 5.97 Å². The zero-order chi connectivity index (χ0) is 15.4. The third-order valence-electron chi connectivity index (χ3n) is 2.55. The second-order valence-electron chi connectivity index (χ2n) is 3.93. The molecule has 0 aliphatic rings. The highest BCUT2D eigenvalue weighted by Crippen LogP contribution is 2.31. The molecule has 2 aromatic carbocycles. The van der Waals surface area contributed by atoms with Gasteiger partial charge in [0.25, 0.3) is 5.69 Å². The van der Waals surface area contributed by atoms with Gasteiger partial charge in [0.15, 0.2) is 0 Å². The van der Waals surface area contributed by atoms with Crippen LogP contribution in [0, 0.1) is 10.1 Å². The standard InChI is InChI=1S/C13H9ClN2O4S/c14-10-6-5-8(7-12(10)16(19)20)21-15-11-4-2-1-3-9(11)13(17)18/h1-7,15H,(H,17,18). The number of carbonyl (C=O) groups is 1. The van der Waals surface area contributed by atoms with Crippen LogP contribution in [0.4, 0.5) is 11.4 Å². The molecule has 0 aromatic heterocycles. The summed E-state index contributed by atoms with van der Waals surface area (Å²) in [4.78, 5) is 21.8. The summed E-state index contributed by atoms with van der Waals surface area (Å²) in [6.07, 6.45) is 0. The Morgan fingerprint density at radius 1 is 1.29 bits per heavy atom. The molecule has 2 N–H and O–H groups in total. The second kappa shape index (κ2) is 6.47. The van der Waals surface area contributed by atoms with E-state index < -0.39 is 10.9 Å².